The third-order valence-electron chi connectivity index (χ3n) is 5.32. The summed E-state index contributed by atoms with van der Waals surface area (Å²) in [6.45, 7) is 0. The first-order valence-electron chi connectivity index (χ1n) is 10.0. The van der Waals surface area contributed by atoms with Crippen molar-refractivity contribution < 1.29 is 23.3 Å². The number of hydrogen-bond donors (Lipinski definition) is 1. The number of non-ortho nitro benzene ring substituents is 1. The van der Waals surface area contributed by atoms with Crippen molar-refractivity contribution in [3.63, 3.8) is 0 Å². The number of nitro benzene ring substituents is 1. The van der Waals surface area contributed by atoms with Crippen LogP contribution in [0, 0.1) is 10.1 Å². The predicted molar refractivity (Wildman–Crippen MR) is 120 cm³/mol. The van der Waals surface area contributed by atoms with E-state index in [9.17, 15) is 14.9 Å². The minimum Gasteiger partial charge on any atom is -0.461 e. The van der Waals surface area contributed by atoms with Gasteiger partial charge in [0.2, 0.25) is 0 Å². The number of anilines is 1. The molecule has 0 saturated carbocycles. The number of carbonyl (C=O) groups excluding carboxylic acids is 1. The molecule has 1 aliphatic rings. The van der Waals surface area contributed by atoms with Crippen molar-refractivity contribution >= 4 is 44.2 Å². The molecule has 2 aromatic heterocycles. The number of rotatable bonds is 5. The minimum absolute atomic E-state index is 0.0704. The number of ether oxygens (including phenoxy) is 1. The molecule has 0 bridgehead atoms. The van der Waals surface area contributed by atoms with Crippen LogP contribution in [0.5, 0.6) is 11.5 Å². The summed E-state index contributed by atoms with van der Waals surface area (Å²) in [5.41, 5.74) is 2.02. The van der Waals surface area contributed by atoms with Gasteiger partial charge < -0.3 is 18.9 Å². The van der Waals surface area contributed by atoms with E-state index in [1.807, 2.05) is 12.1 Å². The normalized spacial score (nSPS) is 13.0. The van der Waals surface area contributed by atoms with Crippen molar-refractivity contribution in [2.24, 2.45) is 0 Å². The van der Waals surface area contributed by atoms with Crippen LogP contribution < -0.4 is 10.1 Å². The Morgan fingerprint density at radius 3 is 2.66 bits per heavy atom. The van der Waals surface area contributed by atoms with E-state index in [4.69, 9.17) is 13.6 Å². The molecular weight excluding hydrogens is 480 g/mol. The number of benzene rings is 2. The first kappa shape index (κ1) is 20.3. The Bertz CT molecular complexity index is 1360. The van der Waals surface area contributed by atoms with Crippen molar-refractivity contribution in [1.29, 1.82) is 0 Å². The van der Waals surface area contributed by atoms with Crippen LogP contribution in [0.1, 0.15) is 34.7 Å². The zero-order chi connectivity index (χ0) is 22.2. The number of nitrogens with zero attached hydrogens (tertiary/aromatic N) is 1. The summed E-state index contributed by atoms with van der Waals surface area (Å²) < 4.78 is 17.5. The number of halogens is 1. The third-order valence-corrected chi connectivity index (χ3v) is 5.75. The first-order chi connectivity index (χ1) is 15.5. The number of nitrogens with one attached hydrogen (secondary N) is 1. The average Bonchev–Trinajstić information content (AvgIpc) is 3.37. The highest BCUT2D eigenvalue weighted by Gasteiger charge is 2.19. The van der Waals surface area contributed by atoms with Crippen LogP contribution in [0.4, 0.5) is 11.4 Å². The van der Waals surface area contributed by atoms with Crippen LogP contribution in [0.2, 0.25) is 0 Å². The van der Waals surface area contributed by atoms with E-state index >= 15 is 0 Å². The number of fused-ring (bicyclic) bond motifs is 3. The maximum absolute atomic E-state index is 12.4. The molecule has 2 heterocycles. The molecule has 5 rings (SSSR count). The van der Waals surface area contributed by atoms with E-state index in [1.54, 1.807) is 12.1 Å². The van der Waals surface area contributed by atoms with Gasteiger partial charge in [0.05, 0.1) is 16.7 Å². The van der Waals surface area contributed by atoms with Gasteiger partial charge in [-0.05, 0) is 65.5 Å². The number of aryl methyl sites for hydroxylation is 2. The van der Waals surface area contributed by atoms with Gasteiger partial charge in [0.25, 0.3) is 11.6 Å². The second-order valence-electron chi connectivity index (χ2n) is 7.50. The van der Waals surface area contributed by atoms with E-state index in [-0.39, 0.29) is 22.9 Å². The van der Waals surface area contributed by atoms with Gasteiger partial charge in [0.15, 0.2) is 10.4 Å². The lowest BCUT2D eigenvalue weighted by atomic mass is 9.96. The molecule has 1 N–H and O–H groups in total. The van der Waals surface area contributed by atoms with Crippen LogP contribution in [-0.2, 0) is 12.8 Å². The topological polar surface area (TPSA) is 108 Å². The highest BCUT2D eigenvalue weighted by Crippen LogP contribution is 2.36. The van der Waals surface area contributed by atoms with Crippen LogP contribution >= 0.6 is 15.9 Å². The van der Waals surface area contributed by atoms with E-state index in [0.29, 0.717) is 10.4 Å². The molecule has 9 heteroatoms. The number of hydrogen-bond acceptors (Lipinski definition) is 6. The molecule has 4 aromatic rings. The van der Waals surface area contributed by atoms with Gasteiger partial charge in [0, 0.05) is 29.5 Å². The van der Waals surface area contributed by atoms with Crippen LogP contribution in [-0.4, -0.2) is 10.8 Å². The Labute approximate surface area is 190 Å². The van der Waals surface area contributed by atoms with Crippen molar-refractivity contribution in [2.45, 2.75) is 25.7 Å². The fraction of sp³-hybridized carbons (Fsp3) is 0.174. The average molecular weight is 497 g/mol. The molecule has 32 heavy (non-hydrogen) atoms. The first-order valence-corrected chi connectivity index (χ1v) is 10.8. The molecule has 1 aliphatic carbocycles. The summed E-state index contributed by atoms with van der Waals surface area (Å²) in [7, 11) is 0. The quantitative estimate of drug-likeness (QED) is 0.245. The molecule has 0 unspecified atom stereocenters. The zero-order valence-electron chi connectivity index (χ0n) is 16.7. The summed E-state index contributed by atoms with van der Waals surface area (Å²) in [5.74, 6) is 1.31. The molecule has 0 saturated heterocycles. The minimum atomic E-state index is -0.540. The molecule has 0 atom stereocenters. The Kier molecular flexibility index (Phi) is 5.18. The van der Waals surface area contributed by atoms with Gasteiger partial charge in [-0.2, -0.15) is 0 Å². The monoisotopic (exact) mass is 496 g/mol. The fourth-order valence-electron chi connectivity index (χ4n) is 3.89. The van der Waals surface area contributed by atoms with Gasteiger partial charge in [-0.15, -0.1) is 0 Å². The Morgan fingerprint density at radius 1 is 1.03 bits per heavy atom. The van der Waals surface area contributed by atoms with E-state index in [0.717, 1.165) is 42.4 Å². The lowest BCUT2D eigenvalue weighted by molar-refractivity contribution is -0.384. The fourth-order valence-corrected chi connectivity index (χ4v) is 4.20. The molecular formula is C23H17BrN2O6. The van der Waals surface area contributed by atoms with E-state index in [1.165, 1.54) is 29.8 Å². The third kappa shape index (κ3) is 3.99. The Hall–Kier alpha value is -3.59. The van der Waals surface area contributed by atoms with E-state index in [2.05, 4.69) is 21.2 Å². The van der Waals surface area contributed by atoms with Gasteiger partial charge in [-0.25, -0.2) is 0 Å². The number of nitro groups is 1. The zero-order valence-corrected chi connectivity index (χ0v) is 18.3. The van der Waals surface area contributed by atoms with E-state index < -0.39 is 10.8 Å². The highest BCUT2D eigenvalue weighted by atomic mass is 79.9. The molecule has 1 amide bonds. The summed E-state index contributed by atoms with van der Waals surface area (Å²) in [6, 6.07) is 12.7. The summed E-state index contributed by atoms with van der Waals surface area (Å²) in [4.78, 5) is 23.3. The summed E-state index contributed by atoms with van der Waals surface area (Å²) >= 11 is 3.14. The number of amides is 1. The number of carbonyl (C=O) groups is 1. The molecule has 0 aliphatic heterocycles. The second-order valence-corrected chi connectivity index (χ2v) is 8.28. The SMILES string of the molecule is O=C(Nc1cc(Oc2ccc3oc4c(c3c2)CCCC4)cc([N+](=O)[O-])c1)c1ccc(Br)o1. The van der Waals surface area contributed by atoms with Crippen molar-refractivity contribution in [1.82, 2.24) is 0 Å². The molecule has 2 aromatic carbocycles. The predicted octanol–water partition coefficient (Wildman–Crippen LogP) is 6.62. The number of furan rings is 2. The molecule has 0 fully saturated rings. The maximum Gasteiger partial charge on any atom is 0.291 e. The Balaban J connectivity index is 1.45. The van der Waals surface area contributed by atoms with Gasteiger partial charge in [-0.1, -0.05) is 0 Å². The van der Waals surface area contributed by atoms with Crippen LogP contribution in [0.3, 0.4) is 0 Å². The lowest BCUT2D eigenvalue weighted by Gasteiger charge is -2.10. The molecule has 162 valence electrons. The summed E-state index contributed by atoms with van der Waals surface area (Å²) in [6.07, 6.45) is 4.13. The standard InChI is InChI=1S/C23H17BrN2O6/c24-22-8-7-21(32-22)23(27)25-13-9-14(26(28)29)11-16(10-13)30-15-5-6-20-18(12-15)17-3-1-2-4-19(17)31-20/h5-12H,1-4H2,(H,25,27). The smallest absolute Gasteiger partial charge is 0.291 e. The van der Waals surface area contributed by atoms with Crippen LogP contribution in [0.15, 0.2) is 62.0 Å². The largest absolute Gasteiger partial charge is 0.461 e. The van der Waals surface area contributed by atoms with Gasteiger partial charge in [-0.3, -0.25) is 14.9 Å². The van der Waals surface area contributed by atoms with Crippen molar-refractivity contribution in [2.75, 3.05) is 5.32 Å². The maximum atomic E-state index is 12.4. The van der Waals surface area contributed by atoms with Crippen LogP contribution in [0.25, 0.3) is 11.0 Å². The van der Waals surface area contributed by atoms with Crippen molar-refractivity contribution in [3.8, 4) is 11.5 Å². The highest BCUT2D eigenvalue weighted by molar-refractivity contribution is 9.10. The molecule has 0 radical (unpaired) electrons. The lowest BCUT2D eigenvalue weighted by Crippen LogP contribution is -2.11. The Morgan fingerprint density at radius 2 is 1.88 bits per heavy atom. The van der Waals surface area contributed by atoms with Gasteiger partial charge >= 0.3 is 0 Å². The van der Waals surface area contributed by atoms with Crippen molar-refractivity contribution in [3.05, 3.63) is 80.4 Å². The summed E-state index contributed by atoms with van der Waals surface area (Å²) in [5, 5.41) is 15.0. The molecule has 8 nitrogen and oxygen atoms in total. The van der Waals surface area contributed by atoms with Gasteiger partial charge in [0.1, 0.15) is 22.8 Å². The molecule has 0 spiro atoms. The second kappa shape index (κ2) is 8.16.